The Labute approximate surface area is 451 Å². The SMILES string of the molecule is N#CCCCN(CCCC#N)c1ccc(N(c2ccc(N(CCCC#N)CCCC#N)cc2)c2ccc(N(c3ccc(N(CCCC#N)CCCC#N)cc3)c3ccc(N(CCCC#N)CCCC#N)cc3)cc2)cc1. The minimum absolute atomic E-state index is 0.453. The number of anilines is 10. The fraction of sp³-hybridized carbons (Fsp3) is 0.387. The third-order valence-corrected chi connectivity index (χ3v) is 13.0. The van der Waals surface area contributed by atoms with E-state index in [0.29, 0.717) is 104 Å². The summed E-state index contributed by atoms with van der Waals surface area (Å²) in [6, 6.07) is 60.3. The maximum absolute atomic E-state index is 9.28. The Balaban J connectivity index is 1.59. The van der Waals surface area contributed by atoms with Gasteiger partial charge in [0.15, 0.2) is 0 Å². The molecule has 0 heterocycles. The number of nitrogens with zero attached hydrogens (tertiary/aromatic N) is 14. The van der Waals surface area contributed by atoms with Crippen LogP contribution in [0.5, 0.6) is 0 Å². The Morgan fingerprint density at radius 2 is 0.316 bits per heavy atom. The van der Waals surface area contributed by atoms with Crippen molar-refractivity contribution < 1.29 is 0 Å². The molecule has 0 aliphatic heterocycles. The first-order chi connectivity index (χ1) is 37.4. The van der Waals surface area contributed by atoms with Crippen molar-refractivity contribution in [3.05, 3.63) is 121 Å². The third-order valence-electron chi connectivity index (χ3n) is 13.0. The molecular weight excluding hydrogens is 941 g/mol. The summed E-state index contributed by atoms with van der Waals surface area (Å²) in [7, 11) is 0. The van der Waals surface area contributed by atoms with Crippen molar-refractivity contribution in [2.24, 2.45) is 0 Å². The highest BCUT2D eigenvalue weighted by molar-refractivity contribution is 5.82. The van der Waals surface area contributed by atoms with E-state index in [-0.39, 0.29) is 0 Å². The topological polar surface area (TPSA) is 210 Å². The second kappa shape index (κ2) is 33.5. The van der Waals surface area contributed by atoms with Gasteiger partial charge in [0, 0.05) is 161 Å². The van der Waals surface area contributed by atoms with Crippen molar-refractivity contribution >= 4 is 56.9 Å². The summed E-state index contributed by atoms with van der Waals surface area (Å²) in [5.41, 5.74) is 9.65. The van der Waals surface area contributed by atoms with Gasteiger partial charge < -0.3 is 29.4 Å². The summed E-state index contributed by atoms with van der Waals surface area (Å²) in [6.07, 6.45) is 9.41. The largest absolute Gasteiger partial charge is 0.371 e. The smallest absolute Gasteiger partial charge is 0.0622 e. The van der Waals surface area contributed by atoms with Gasteiger partial charge in [0.2, 0.25) is 0 Å². The van der Waals surface area contributed by atoms with Crippen molar-refractivity contribution in [1.29, 1.82) is 42.1 Å². The predicted molar refractivity (Wildman–Crippen MR) is 303 cm³/mol. The first kappa shape index (κ1) is 57.7. The van der Waals surface area contributed by atoms with Gasteiger partial charge in [-0.2, -0.15) is 42.1 Å². The van der Waals surface area contributed by atoms with E-state index >= 15 is 0 Å². The van der Waals surface area contributed by atoms with Gasteiger partial charge in [-0.3, -0.25) is 0 Å². The molecule has 5 aromatic carbocycles. The Bertz CT molecular complexity index is 2390. The molecule has 0 bridgehead atoms. The number of hydrogen-bond acceptors (Lipinski definition) is 14. The molecule has 386 valence electrons. The molecular formula is C62H68N14. The van der Waals surface area contributed by atoms with Crippen LogP contribution >= 0.6 is 0 Å². The molecule has 0 unspecified atom stereocenters. The van der Waals surface area contributed by atoms with Crippen molar-refractivity contribution in [3.8, 4) is 48.6 Å². The maximum Gasteiger partial charge on any atom is 0.0622 e. The van der Waals surface area contributed by atoms with Crippen LogP contribution in [0.15, 0.2) is 121 Å². The van der Waals surface area contributed by atoms with Gasteiger partial charge in [-0.1, -0.05) is 0 Å². The maximum atomic E-state index is 9.28. The van der Waals surface area contributed by atoms with Crippen molar-refractivity contribution in [2.75, 3.05) is 81.8 Å². The molecule has 0 N–H and O–H groups in total. The van der Waals surface area contributed by atoms with Crippen LogP contribution < -0.4 is 29.4 Å². The van der Waals surface area contributed by atoms with Gasteiger partial charge in [0.1, 0.15) is 0 Å². The molecule has 0 aliphatic rings. The first-order valence-corrected chi connectivity index (χ1v) is 26.5. The third kappa shape index (κ3) is 18.1. The van der Waals surface area contributed by atoms with Crippen molar-refractivity contribution in [1.82, 2.24) is 0 Å². The molecule has 5 rings (SSSR count). The molecule has 14 nitrogen and oxygen atoms in total. The standard InChI is InChI=1S/C62H68N14/c63-37-1-9-45-71(46-10-2-38-64)53-17-25-57(26-18-53)75(58-27-19-54(20-28-58)72(47-11-3-39-65)48-12-4-40-66)61-33-35-62(36-34-61)76(59-29-21-55(22-30-59)73(49-13-5-41-67)50-14-6-42-68)60-31-23-56(24-32-60)74(51-15-7-43-69)52-16-8-44-70/h17-36H,1-16,45-52H2. The van der Waals surface area contributed by atoms with E-state index in [4.69, 9.17) is 0 Å². The van der Waals surface area contributed by atoms with Crippen molar-refractivity contribution in [3.63, 3.8) is 0 Å². The van der Waals surface area contributed by atoms with Gasteiger partial charge in [-0.15, -0.1) is 0 Å². The normalized spacial score (nSPS) is 10.2. The van der Waals surface area contributed by atoms with Gasteiger partial charge in [0.25, 0.3) is 0 Å². The van der Waals surface area contributed by atoms with E-state index in [9.17, 15) is 42.1 Å². The summed E-state index contributed by atoms with van der Waals surface area (Å²) in [5, 5.41) is 74.3. The second-order valence-electron chi connectivity index (χ2n) is 18.3. The zero-order valence-electron chi connectivity index (χ0n) is 43.8. The molecule has 0 spiro atoms. The lowest BCUT2D eigenvalue weighted by molar-refractivity contribution is 0.708. The van der Waals surface area contributed by atoms with Crippen LogP contribution in [-0.2, 0) is 0 Å². The Kier molecular flexibility index (Phi) is 25.5. The van der Waals surface area contributed by atoms with Gasteiger partial charge in [-0.25, -0.2) is 0 Å². The number of hydrogen-bond donors (Lipinski definition) is 0. The summed E-state index contributed by atoms with van der Waals surface area (Å²) in [5.74, 6) is 0. The zero-order valence-corrected chi connectivity index (χ0v) is 43.8. The van der Waals surface area contributed by atoms with Gasteiger partial charge in [-0.05, 0) is 173 Å². The molecule has 0 amide bonds. The number of nitriles is 8. The van der Waals surface area contributed by atoms with Crippen LogP contribution in [-0.4, -0.2) is 52.4 Å². The van der Waals surface area contributed by atoms with Crippen LogP contribution in [0.4, 0.5) is 56.9 Å². The quantitative estimate of drug-likeness (QED) is 0.0351. The van der Waals surface area contributed by atoms with Crippen LogP contribution in [0.3, 0.4) is 0 Å². The highest BCUT2D eigenvalue weighted by Crippen LogP contribution is 2.41. The molecule has 0 saturated carbocycles. The number of unbranched alkanes of at least 4 members (excludes halogenated alkanes) is 8. The van der Waals surface area contributed by atoms with Crippen LogP contribution in [0.25, 0.3) is 0 Å². The lowest BCUT2D eigenvalue weighted by Crippen LogP contribution is -2.26. The molecule has 0 saturated heterocycles. The summed E-state index contributed by atoms with van der Waals surface area (Å²) in [4.78, 5) is 13.4. The average molecular weight is 1010 g/mol. The second-order valence-corrected chi connectivity index (χ2v) is 18.3. The Morgan fingerprint density at radius 1 is 0.197 bits per heavy atom. The molecule has 0 fully saturated rings. The molecule has 0 radical (unpaired) electrons. The minimum Gasteiger partial charge on any atom is -0.371 e. The van der Waals surface area contributed by atoms with E-state index in [1.165, 1.54) is 0 Å². The van der Waals surface area contributed by atoms with E-state index < -0.39 is 0 Å². The molecule has 76 heavy (non-hydrogen) atoms. The Morgan fingerprint density at radius 3 is 0.434 bits per heavy atom. The summed E-state index contributed by atoms with van der Waals surface area (Å²) in [6.45, 7) is 5.65. The lowest BCUT2D eigenvalue weighted by Gasteiger charge is -2.31. The van der Waals surface area contributed by atoms with Crippen LogP contribution in [0.1, 0.15) is 103 Å². The number of benzene rings is 5. The predicted octanol–water partition coefficient (Wildman–Crippen LogP) is 14.3. The van der Waals surface area contributed by atoms with E-state index in [0.717, 1.165) is 108 Å². The highest BCUT2D eigenvalue weighted by atomic mass is 15.2. The number of rotatable bonds is 34. The minimum atomic E-state index is 0.453. The zero-order chi connectivity index (χ0) is 54.0. The van der Waals surface area contributed by atoms with Gasteiger partial charge >= 0.3 is 0 Å². The van der Waals surface area contributed by atoms with E-state index in [1.54, 1.807) is 0 Å². The van der Waals surface area contributed by atoms with E-state index in [1.807, 2.05) is 0 Å². The molecule has 0 aromatic heterocycles. The fourth-order valence-electron chi connectivity index (χ4n) is 9.17. The van der Waals surface area contributed by atoms with Crippen LogP contribution in [0.2, 0.25) is 0 Å². The first-order valence-electron chi connectivity index (χ1n) is 26.5. The highest BCUT2D eigenvalue weighted by Gasteiger charge is 2.19. The Hall–Kier alpha value is -9.18. The molecule has 0 atom stereocenters. The molecule has 14 heteroatoms. The van der Waals surface area contributed by atoms with E-state index in [2.05, 4.69) is 199 Å². The summed E-state index contributed by atoms with van der Waals surface area (Å²) < 4.78 is 0. The molecule has 0 aliphatic carbocycles. The molecule has 5 aromatic rings. The monoisotopic (exact) mass is 1010 g/mol. The van der Waals surface area contributed by atoms with Gasteiger partial charge in [0.05, 0.1) is 48.6 Å². The van der Waals surface area contributed by atoms with Crippen molar-refractivity contribution in [2.45, 2.75) is 103 Å². The average Bonchev–Trinajstić information content (AvgIpc) is 3.46. The fourth-order valence-corrected chi connectivity index (χ4v) is 9.17. The summed E-state index contributed by atoms with van der Waals surface area (Å²) >= 11 is 0. The lowest BCUT2D eigenvalue weighted by atomic mass is 10.1. The van der Waals surface area contributed by atoms with Crippen LogP contribution in [0, 0.1) is 90.6 Å².